The van der Waals surface area contributed by atoms with Crippen molar-refractivity contribution in [3.05, 3.63) is 71.8 Å². The number of alkyl halides is 3. The predicted octanol–water partition coefficient (Wildman–Crippen LogP) is 6.98. The van der Waals surface area contributed by atoms with Crippen molar-refractivity contribution in [3.63, 3.8) is 0 Å². The minimum absolute atomic E-state index is 0.00996. The normalized spacial score (nSPS) is 14.3. The quantitative estimate of drug-likeness (QED) is 0.278. The highest BCUT2D eigenvalue weighted by Gasteiger charge is 2.35. The van der Waals surface area contributed by atoms with E-state index in [0.29, 0.717) is 17.8 Å². The molecular formula is C30H33F3N4O3S. The van der Waals surface area contributed by atoms with Crippen LogP contribution in [-0.4, -0.2) is 32.1 Å². The fraction of sp³-hybridized carbons (Fsp3) is 0.333. The molecule has 11 heteroatoms. The highest BCUT2D eigenvalue weighted by atomic mass is 32.2. The van der Waals surface area contributed by atoms with E-state index in [0.717, 1.165) is 17.2 Å². The summed E-state index contributed by atoms with van der Waals surface area (Å²) in [5.41, 5.74) is 1.12. The van der Waals surface area contributed by atoms with Crippen molar-refractivity contribution in [2.75, 3.05) is 17.2 Å². The average molecular weight is 587 g/mol. The van der Waals surface area contributed by atoms with E-state index in [4.69, 9.17) is 0 Å². The maximum Gasteiger partial charge on any atom is 0.418 e. The van der Waals surface area contributed by atoms with Gasteiger partial charge in [-0.1, -0.05) is 44.2 Å². The average Bonchev–Trinajstić information content (AvgIpc) is 3.02. The van der Waals surface area contributed by atoms with Crippen LogP contribution in [0.3, 0.4) is 0 Å². The molecular weight excluding hydrogens is 553 g/mol. The molecule has 1 aliphatic rings. The van der Waals surface area contributed by atoms with Crippen molar-refractivity contribution < 1.29 is 26.4 Å². The Bertz CT molecular complexity index is 1590. The summed E-state index contributed by atoms with van der Waals surface area (Å²) in [6, 6.07) is 15.9. The molecule has 0 spiro atoms. The molecule has 0 fully saturated rings. The Morgan fingerprint density at radius 2 is 1.61 bits per heavy atom. The van der Waals surface area contributed by atoms with Crippen molar-refractivity contribution in [1.29, 1.82) is 0 Å². The predicted molar refractivity (Wildman–Crippen MR) is 156 cm³/mol. The zero-order chi connectivity index (χ0) is 30.2. The SMILES string of the molecule is CC(C)CNc1cc2c(cc1C(F)(F)F)NC(=O)CC(c1cccc(-c3ccc(S(=O)(=O)NC(C)(C)C)cc3)c1)=N2. The Kier molecular flexibility index (Phi) is 8.33. The zero-order valence-corrected chi connectivity index (χ0v) is 24.3. The lowest BCUT2D eigenvalue weighted by Gasteiger charge is -2.20. The summed E-state index contributed by atoms with van der Waals surface area (Å²) in [5.74, 6) is -0.370. The third-order valence-electron chi connectivity index (χ3n) is 6.13. The van der Waals surface area contributed by atoms with E-state index in [9.17, 15) is 26.4 Å². The summed E-state index contributed by atoms with van der Waals surface area (Å²) in [5, 5.41) is 5.43. The van der Waals surface area contributed by atoms with Gasteiger partial charge in [0.2, 0.25) is 15.9 Å². The van der Waals surface area contributed by atoms with Gasteiger partial charge in [-0.25, -0.2) is 13.1 Å². The molecule has 0 saturated heterocycles. The number of hydrogen-bond acceptors (Lipinski definition) is 5. The van der Waals surface area contributed by atoms with Gasteiger partial charge < -0.3 is 10.6 Å². The molecule has 4 rings (SSSR count). The second-order valence-corrected chi connectivity index (χ2v) is 13.1. The van der Waals surface area contributed by atoms with Gasteiger partial charge in [0.15, 0.2) is 0 Å². The van der Waals surface area contributed by atoms with Gasteiger partial charge in [-0.3, -0.25) is 9.79 Å². The first-order valence-electron chi connectivity index (χ1n) is 13.1. The molecule has 7 nitrogen and oxygen atoms in total. The van der Waals surface area contributed by atoms with Gasteiger partial charge in [0.25, 0.3) is 0 Å². The third kappa shape index (κ3) is 7.53. The molecule has 41 heavy (non-hydrogen) atoms. The lowest BCUT2D eigenvalue weighted by molar-refractivity contribution is -0.137. The van der Waals surface area contributed by atoms with Crippen LogP contribution in [0.5, 0.6) is 0 Å². The van der Waals surface area contributed by atoms with Gasteiger partial charge >= 0.3 is 6.18 Å². The molecule has 3 N–H and O–H groups in total. The van der Waals surface area contributed by atoms with Crippen molar-refractivity contribution in [3.8, 4) is 11.1 Å². The topological polar surface area (TPSA) is 99.7 Å². The molecule has 0 bridgehead atoms. The van der Waals surface area contributed by atoms with Gasteiger partial charge in [-0.2, -0.15) is 13.2 Å². The Hall–Kier alpha value is -3.70. The second kappa shape index (κ2) is 11.3. The van der Waals surface area contributed by atoms with E-state index in [1.165, 1.54) is 18.2 Å². The first-order valence-corrected chi connectivity index (χ1v) is 14.6. The summed E-state index contributed by atoms with van der Waals surface area (Å²) < 4.78 is 69.4. The number of benzene rings is 3. The largest absolute Gasteiger partial charge is 0.418 e. The van der Waals surface area contributed by atoms with Gasteiger partial charge in [-0.15, -0.1) is 0 Å². The standard InChI is InChI=1S/C30H33F3N4O3S/c1-18(2)17-34-25-15-27-26(14-23(25)30(31,32)33)36-28(38)16-24(35-27)21-8-6-7-20(13-21)19-9-11-22(12-10-19)41(39,40)37-29(3,4)5/h6-15,18,34,37H,16-17H2,1-5H3,(H,36,38). The Morgan fingerprint density at radius 1 is 0.951 bits per heavy atom. The number of halogens is 3. The summed E-state index contributed by atoms with van der Waals surface area (Å²) in [6.45, 7) is 9.40. The molecule has 1 heterocycles. The van der Waals surface area contributed by atoms with Crippen LogP contribution in [0.15, 0.2) is 70.6 Å². The molecule has 0 aromatic heterocycles. The van der Waals surface area contributed by atoms with E-state index in [2.05, 4.69) is 20.3 Å². The molecule has 218 valence electrons. The Balaban J connectivity index is 1.71. The number of hydrogen-bond donors (Lipinski definition) is 3. The highest BCUT2D eigenvalue weighted by Crippen LogP contribution is 2.42. The van der Waals surface area contributed by atoms with E-state index >= 15 is 0 Å². The van der Waals surface area contributed by atoms with Crippen LogP contribution in [-0.2, 0) is 21.0 Å². The molecule has 0 atom stereocenters. The van der Waals surface area contributed by atoms with Gasteiger partial charge in [0, 0.05) is 17.8 Å². The Morgan fingerprint density at radius 3 is 2.22 bits per heavy atom. The van der Waals surface area contributed by atoms with Crippen LogP contribution in [0.25, 0.3) is 11.1 Å². The van der Waals surface area contributed by atoms with Crippen molar-refractivity contribution in [2.24, 2.45) is 10.9 Å². The maximum atomic E-state index is 13.8. The molecule has 0 unspecified atom stereocenters. The van der Waals surface area contributed by atoms with Crippen LogP contribution in [0.2, 0.25) is 0 Å². The monoisotopic (exact) mass is 586 g/mol. The molecule has 0 radical (unpaired) electrons. The zero-order valence-electron chi connectivity index (χ0n) is 23.5. The number of nitrogens with one attached hydrogen (secondary N) is 3. The third-order valence-corrected chi connectivity index (χ3v) is 7.91. The summed E-state index contributed by atoms with van der Waals surface area (Å²) in [4.78, 5) is 17.5. The number of amides is 1. The fourth-order valence-electron chi connectivity index (χ4n) is 4.34. The molecule has 0 saturated carbocycles. The van der Waals surface area contributed by atoms with Gasteiger partial charge in [0.05, 0.1) is 34.0 Å². The van der Waals surface area contributed by atoms with Crippen LogP contribution < -0.4 is 15.4 Å². The summed E-state index contributed by atoms with van der Waals surface area (Å²) in [7, 11) is -3.69. The van der Waals surface area contributed by atoms with Crippen molar-refractivity contribution >= 4 is 38.7 Å². The minimum Gasteiger partial charge on any atom is -0.384 e. The van der Waals surface area contributed by atoms with Crippen molar-refractivity contribution in [2.45, 2.75) is 57.7 Å². The van der Waals surface area contributed by atoms with Crippen molar-refractivity contribution in [1.82, 2.24) is 4.72 Å². The first-order chi connectivity index (χ1) is 19.0. The lowest BCUT2D eigenvalue weighted by Crippen LogP contribution is -2.40. The summed E-state index contributed by atoms with van der Waals surface area (Å²) in [6.07, 6.45) is -4.76. The second-order valence-electron chi connectivity index (χ2n) is 11.4. The van der Waals surface area contributed by atoms with Gasteiger partial charge in [0.1, 0.15) is 0 Å². The molecule has 1 amide bonds. The number of carbonyl (C=O) groups is 1. The molecule has 3 aromatic rings. The van der Waals surface area contributed by atoms with Gasteiger partial charge in [-0.05, 0) is 73.7 Å². The van der Waals surface area contributed by atoms with E-state index in [-0.39, 0.29) is 34.3 Å². The van der Waals surface area contributed by atoms with E-state index < -0.39 is 33.2 Å². The van der Waals surface area contributed by atoms with Crippen LogP contribution in [0.1, 0.15) is 52.2 Å². The Labute approximate surface area is 238 Å². The number of anilines is 2. The first kappa shape index (κ1) is 30.3. The minimum atomic E-state index is -4.62. The van der Waals surface area contributed by atoms with Crippen LogP contribution >= 0.6 is 0 Å². The van der Waals surface area contributed by atoms with Crippen LogP contribution in [0.4, 0.5) is 30.2 Å². The lowest BCUT2D eigenvalue weighted by atomic mass is 9.99. The highest BCUT2D eigenvalue weighted by molar-refractivity contribution is 7.89. The van der Waals surface area contributed by atoms with E-state index in [1.807, 2.05) is 26.0 Å². The molecule has 3 aromatic carbocycles. The maximum absolute atomic E-state index is 13.8. The van der Waals surface area contributed by atoms with E-state index in [1.54, 1.807) is 45.0 Å². The number of sulfonamides is 1. The smallest absolute Gasteiger partial charge is 0.384 e. The molecule has 0 aliphatic carbocycles. The number of fused-ring (bicyclic) bond motifs is 1. The number of rotatable bonds is 7. The molecule has 1 aliphatic heterocycles. The number of nitrogens with zero attached hydrogens (tertiary/aromatic N) is 1. The fourth-order valence-corrected chi connectivity index (χ4v) is 5.76. The number of carbonyl (C=O) groups excluding carboxylic acids is 1. The van der Waals surface area contributed by atoms with Crippen LogP contribution in [0, 0.1) is 5.92 Å². The summed E-state index contributed by atoms with van der Waals surface area (Å²) >= 11 is 0. The number of aliphatic imine (C=N–C) groups is 1.